The van der Waals surface area contributed by atoms with Crippen molar-refractivity contribution in [3.63, 3.8) is 0 Å². The van der Waals surface area contributed by atoms with E-state index in [2.05, 4.69) is 0 Å². The van der Waals surface area contributed by atoms with Gasteiger partial charge in [-0.05, 0) is 35.7 Å². The molecule has 0 radical (unpaired) electrons. The number of nitrogens with one attached hydrogen (secondary N) is 1. The number of nitrogens with zero attached hydrogens (tertiary/aromatic N) is 1. The Morgan fingerprint density at radius 1 is 1.12 bits per heavy atom. The lowest BCUT2D eigenvalue weighted by atomic mass is 10.0. The van der Waals surface area contributed by atoms with Crippen LogP contribution in [-0.4, -0.2) is 29.9 Å². The highest BCUT2D eigenvalue weighted by Gasteiger charge is 2.37. The fourth-order valence-corrected chi connectivity index (χ4v) is 4.38. The third-order valence-corrected chi connectivity index (χ3v) is 5.76. The van der Waals surface area contributed by atoms with Crippen molar-refractivity contribution < 1.29 is 22.8 Å². The number of hydrogen-bond donors (Lipinski definition) is 2. The fourth-order valence-electron chi connectivity index (χ4n) is 2.67. The minimum absolute atomic E-state index is 0.0726. The van der Waals surface area contributed by atoms with Gasteiger partial charge in [-0.25, -0.2) is 18.3 Å². The fraction of sp³-hybridized carbons (Fsp3) is 0.278. The summed E-state index contributed by atoms with van der Waals surface area (Å²) < 4.78 is 40.5. The van der Waals surface area contributed by atoms with Crippen molar-refractivity contribution in [2.45, 2.75) is 31.3 Å². The van der Waals surface area contributed by atoms with Gasteiger partial charge in [-0.2, -0.15) is 4.31 Å². The Morgan fingerprint density at radius 3 is 2.19 bits per heavy atom. The maximum Gasteiger partial charge on any atom is 0.262 e. The van der Waals surface area contributed by atoms with Crippen molar-refractivity contribution in [2.75, 3.05) is 0 Å². The summed E-state index contributed by atoms with van der Waals surface area (Å²) in [6.45, 7) is 3.28. The van der Waals surface area contributed by atoms with E-state index in [0.717, 1.165) is 28.6 Å². The SMILES string of the molecule is CC(C)[C@@H](C(=O)NO)N(Cc1ccccc1)S(=O)(=O)c1ccc(F)cc1. The standard InChI is InChI=1S/C18H21FN2O4S/c1-13(2)17(18(22)20-23)21(12-14-6-4-3-5-7-14)26(24,25)16-10-8-15(19)9-11-16/h3-11,13,17,23H,12H2,1-2H3,(H,20,22)/t17-/m0/s1. The van der Waals surface area contributed by atoms with Gasteiger partial charge >= 0.3 is 0 Å². The van der Waals surface area contributed by atoms with Crippen LogP contribution in [-0.2, 0) is 21.4 Å². The zero-order valence-electron chi connectivity index (χ0n) is 14.5. The van der Waals surface area contributed by atoms with E-state index in [1.165, 1.54) is 0 Å². The Hall–Kier alpha value is -2.29. The average molecular weight is 380 g/mol. The van der Waals surface area contributed by atoms with Gasteiger partial charge in [0.25, 0.3) is 5.91 Å². The first-order valence-corrected chi connectivity index (χ1v) is 9.46. The molecular weight excluding hydrogens is 359 g/mol. The Bertz CT molecular complexity index is 839. The molecule has 0 unspecified atom stereocenters. The summed E-state index contributed by atoms with van der Waals surface area (Å²) in [5, 5.41) is 9.07. The first-order valence-electron chi connectivity index (χ1n) is 8.02. The minimum atomic E-state index is -4.12. The van der Waals surface area contributed by atoms with Crippen LogP contribution in [0.3, 0.4) is 0 Å². The molecule has 0 fully saturated rings. The highest BCUT2D eigenvalue weighted by Crippen LogP contribution is 2.25. The lowest BCUT2D eigenvalue weighted by Gasteiger charge is -2.32. The van der Waals surface area contributed by atoms with Crippen molar-refractivity contribution in [1.82, 2.24) is 9.79 Å². The minimum Gasteiger partial charge on any atom is -0.289 e. The molecule has 2 rings (SSSR count). The number of sulfonamides is 1. The van der Waals surface area contributed by atoms with E-state index < -0.39 is 33.7 Å². The van der Waals surface area contributed by atoms with Crippen LogP contribution in [0.4, 0.5) is 4.39 Å². The molecule has 26 heavy (non-hydrogen) atoms. The van der Waals surface area contributed by atoms with Crippen molar-refractivity contribution in [2.24, 2.45) is 5.92 Å². The summed E-state index contributed by atoms with van der Waals surface area (Å²) in [5.74, 6) is -1.81. The molecule has 6 nitrogen and oxygen atoms in total. The maximum atomic E-state index is 13.2. The summed E-state index contributed by atoms with van der Waals surface area (Å²) in [7, 11) is -4.12. The van der Waals surface area contributed by atoms with Crippen LogP contribution in [0.5, 0.6) is 0 Å². The number of hydroxylamine groups is 1. The summed E-state index contributed by atoms with van der Waals surface area (Å²) in [5.41, 5.74) is 2.22. The monoisotopic (exact) mass is 380 g/mol. The highest BCUT2D eigenvalue weighted by atomic mass is 32.2. The lowest BCUT2D eigenvalue weighted by molar-refractivity contribution is -0.134. The molecule has 0 heterocycles. The molecular formula is C18H21FN2O4S. The molecule has 0 aliphatic rings. The van der Waals surface area contributed by atoms with E-state index in [-0.39, 0.29) is 11.4 Å². The molecule has 2 N–H and O–H groups in total. The van der Waals surface area contributed by atoms with Crippen LogP contribution in [0.15, 0.2) is 59.5 Å². The third-order valence-electron chi connectivity index (χ3n) is 3.92. The van der Waals surface area contributed by atoms with Gasteiger partial charge in [0.05, 0.1) is 4.90 Å². The lowest BCUT2D eigenvalue weighted by Crippen LogP contribution is -2.51. The molecule has 1 atom stereocenters. The van der Waals surface area contributed by atoms with E-state index in [1.807, 2.05) is 0 Å². The van der Waals surface area contributed by atoms with Gasteiger partial charge in [0.1, 0.15) is 11.9 Å². The molecule has 140 valence electrons. The normalized spacial score (nSPS) is 13.0. The zero-order valence-corrected chi connectivity index (χ0v) is 15.3. The molecule has 0 saturated heterocycles. The van der Waals surface area contributed by atoms with Crippen LogP contribution >= 0.6 is 0 Å². The second kappa shape index (κ2) is 8.39. The summed E-state index contributed by atoms with van der Waals surface area (Å²) in [6, 6.07) is 12.0. The summed E-state index contributed by atoms with van der Waals surface area (Å²) >= 11 is 0. The van der Waals surface area contributed by atoms with Crippen LogP contribution in [0.2, 0.25) is 0 Å². The molecule has 0 saturated carbocycles. The van der Waals surface area contributed by atoms with Crippen LogP contribution < -0.4 is 5.48 Å². The van der Waals surface area contributed by atoms with E-state index in [1.54, 1.807) is 49.7 Å². The molecule has 8 heteroatoms. The van der Waals surface area contributed by atoms with Crippen LogP contribution in [0.1, 0.15) is 19.4 Å². The van der Waals surface area contributed by atoms with Crippen molar-refractivity contribution >= 4 is 15.9 Å². The largest absolute Gasteiger partial charge is 0.289 e. The molecule has 2 aromatic rings. The van der Waals surface area contributed by atoms with E-state index in [4.69, 9.17) is 5.21 Å². The van der Waals surface area contributed by atoms with Gasteiger partial charge in [-0.15, -0.1) is 0 Å². The first-order chi connectivity index (χ1) is 12.3. The molecule has 1 amide bonds. The zero-order chi connectivity index (χ0) is 19.3. The van der Waals surface area contributed by atoms with Crippen molar-refractivity contribution in [1.29, 1.82) is 0 Å². The number of amides is 1. The van der Waals surface area contributed by atoms with Gasteiger partial charge in [-0.1, -0.05) is 44.2 Å². The molecule has 0 bridgehead atoms. The maximum absolute atomic E-state index is 13.2. The van der Waals surface area contributed by atoms with Crippen molar-refractivity contribution in [3.8, 4) is 0 Å². The first kappa shape index (κ1) is 20.0. The van der Waals surface area contributed by atoms with Gasteiger partial charge in [0.15, 0.2) is 0 Å². The highest BCUT2D eigenvalue weighted by molar-refractivity contribution is 7.89. The molecule has 0 aromatic heterocycles. The third kappa shape index (κ3) is 4.46. The van der Waals surface area contributed by atoms with Gasteiger partial charge in [-0.3, -0.25) is 10.0 Å². The Morgan fingerprint density at radius 2 is 1.69 bits per heavy atom. The number of rotatable bonds is 7. The second-order valence-corrected chi connectivity index (χ2v) is 8.05. The Labute approximate surface area is 152 Å². The quantitative estimate of drug-likeness (QED) is 0.571. The van der Waals surface area contributed by atoms with Crippen molar-refractivity contribution in [3.05, 3.63) is 66.0 Å². The topological polar surface area (TPSA) is 86.7 Å². The second-order valence-electron chi connectivity index (χ2n) is 6.15. The van der Waals surface area contributed by atoms with E-state index >= 15 is 0 Å². The number of benzene rings is 2. The molecule has 0 aliphatic heterocycles. The molecule has 0 aliphatic carbocycles. The van der Waals surface area contributed by atoms with E-state index in [9.17, 15) is 17.6 Å². The average Bonchev–Trinajstić information content (AvgIpc) is 2.62. The van der Waals surface area contributed by atoms with Crippen LogP contribution in [0, 0.1) is 11.7 Å². The molecule has 0 spiro atoms. The summed E-state index contributed by atoms with van der Waals surface area (Å²) in [6.07, 6.45) is 0. The predicted molar refractivity (Wildman–Crippen MR) is 94.1 cm³/mol. The Balaban J connectivity index is 2.54. The van der Waals surface area contributed by atoms with Gasteiger partial charge in [0, 0.05) is 6.54 Å². The predicted octanol–water partition coefficient (Wildman–Crippen LogP) is 2.55. The van der Waals surface area contributed by atoms with Gasteiger partial charge < -0.3 is 0 Å². The number of carbonyl (C=O) groups is 1. The van der Waals surface area contributed by atoms with Gasteiger partial charge in [0.2, 0.25) is 10.0 Å². The molecule has 2 aromatic carbocycles. The van der Waals surface area contributed by atoms with Crippen LogP contribution in [0.25, 0.3) is 0 Å². The summed E-state index contributed by atoms with van der Waals surface area (Å²) in [4.78, 5) is 12.1. The number of carbonyl (C=O) groups excluding carboxylic acids is 1. The number of halogens is 1. The Kier molecular flexibility index (Phi) is 6.47. The number of hydrogen-bond acceptors (Lipinski definition) is 4. The smallest absolute Gasteiger partial charge is 0.262 e. The van der Waals surface area contributed by atoms with E-state index in [0.29, 0.717) is 5.56 Å².